The highest BCUT2D eigenvalue weighted by molar-refractivity contribution is 9.09. The summed E-state index contributed by atoms with van der Waals surface area (Å²) in [5.74, 6) is -1.03. The molecule has 0 saturated carbocycles. The monoisotopic (exact) mass is 335 g/mol. The normalized spacial score (nSPS) is 11.8. The molecule has 0 bridgehead atoms. The number of halogens is 1. The van der Waals surface area contributed by atoms with Crippen LogP contribution in [-0.2, 0) is 0 Å². The van der Waals surface area contributed by atoms with Crippen molar-refractivity contribution in [2.75, 3.05) is 0 Å². The third kappa shape index (κ3) is 2.85. The number of benzene rings is 2. The van der Waals surface area contributed by atoms with Crippen molar-refractivity contribution in [3.63, 3.8) is 0 Å². The van der Waals surface area contributed by atoms with Crippen LogP contribution < -0.4 is 0 Å². The molecule has 1 atom stereocenters. The van der Waals surface area contributed by atoms with Gasteiger partial charge in [-0.25, -0.2) is 4.79 Å². The highest BCUT2D eigenvalue weighted by atomic mass is 79.9. The molecule has 0 saturated heterocycles. The number of alkyl halides is 1. The van der Waals surface area contributed by atoms with Crippen molar-refractivity contribution >= 4 is 27.6 Å². The number of nitrogens with zero attached hydrogens (tertiary/aromatic N) is 1. The summed E-state index contributed by atoms with van der Waals surface area (Å²) in [7, 11) is 0. The van der Waals surface area contributed by atoms with E-state index in [1.54, 1.807) is 30.3 Å². The zero-order valence-corrected chi connectivity index (χ0v) is 11.8. The average Bonchev–Trinajstić information content (AvgIpc) is 2.46. The lowest BCUT2D eigenvalue weighted by atomic mass is 9.99. The van der Waals surface area contributed by atoms with E-state index in [0.29, 0.717) is 11.1 Å². The van der Waals surface area contributed by atoms with Gasteiger partial charge in [0.1, 0.15) is 0 Å². The molecule has 102 valence electrons. The third-order valence-electron chi connectivity index (χ3n) is 2.84. The van der Waals surface area contributed by atoms with Crippen LogP contribution in [0.25, 0.3) is 0 Å². The number of aromatic carboxylic acids is 1. The van der Waals surface area contributed by atoms with E-state index >= 15 is 0 Å². The largest absolute Gasteiger partial charge is 0.478 e. The van der Waals surface area contributed by atoms with Gasteiger partial charge < -0.3 is 5.11 Å². The van der Waals surface area contributed by atoms with E-state index in [9.17, 15) is 20.0 Å². The summed E-state index contributed by atoms with van der Waals surface area (Å²) in [6.07, 6.45) is 0. The topological polar surface area (TPSA) is 80.4 Å². The van der Waals surface area contributed by atoms with Crippen molar-refractivity contribution in [3.8, 4) is 0 Å². The van der Waals surface area contributed by atoms with E-state index in [1.165, 1.54) is 18.2 Å². The Kier molecular flexibility index (Phi) is 4.14. The predicted octanol–water partition coefficient (Wildman–Crippen LogP) is 3.78. The highest BCUT2D eigenvalue weighted by Crippen LogP contribution is 2.34. The van der Waals surface area contributed by atoms with Gasteiger partial charge in [0, 0.05) is 12.1 Å². The van der Waals surface area contributed by atoms with Crippen molar-refractivity contribution in [2.45, 2.75) is 4.83 Å². The SMILES string of the molecule is O=C(O)c1ccccc1[C@@H](Br)c1cccc([N+](=O)[O-])c1. The maximum atomic E-state index is 11.2. The predicted molar refractivity (Wildman–Crippen MR) is 77.3 cm³/mol. The minimum Gasteiger partial charge on any atom is -0.478 e. The van der Waals surface area contributed by atoms with E-state index in [-0.39, 0.29) is 11.3 Å². The fourth-order valence-corrected chi connectivity index (χ4v) is 2.57. The van der Waals surface area contributed by atoms with E-state index in [0.717, 1.165) is 0 Å². The van der Waals surface area contributed by atoms with Gasteiger partial charge in [0.15, 0.2) is 0 Å². The number of non-ortho nitro benzene ring substituents is 1. The Bertz CT molecular complexity index is 672. The molecule has 0 radical (unpaired) electrons. The lowest BCUT2D eigenvalue weighted by Gasteiger charge is -2.13. The van der Waals surface area contributed by atoms with Gasteiger partial charge in [0.2, 0.25) is 0 Å². The number of hydrogen-bond donors (Lipinski definition) is 1. The van der Waals surface area contributed by atoms with Crippen LogP contribution in [0.15, 0.2) is 48.5 Å². The molecule has 0 aliphatic carbocycles. The zero-order valence-electron chi connectivity index (χ0n) is 10.2. The minimum atomic E-state index is -1.03. The van der Waals surface area contributed by atoms with Gasteiger partial charge in [-0.1, -0.05) is 46.3 Å². The molecular formula is C14H10BrNO4. The van der Waals surface area contributed by atoms with Gasteiger partial charge in [0.25, 0.3) is 5.69 Å². The van der Waals surface area contributed by atoms with Gasteiger partial charge >= 0.3 is 5.97 Å². The molecule has 20 heavy (non-hydrogen) atoms. The summed E-state index contributed by atoms with van der Waals surface area (Å²) in [4.78, 5) is 21.1. The summed E-state index contributed by atoms with van der Waals surface area (Å²) < 4.78 is 0. The first kappa shape index (κ1) is 14.2. The number of nitro groups is 1. The molecule has 1 N–H and O–H groups in total. The van der Waals surface area contributed by atoms with Crippen LogP contribution >= 0.6 is 15.9 Å². The van der Waals surface area contributed by atoms with E-state index in [4.69, 9.17) is 0 Å². The molecule has 0 aliphatic heterocycles. The van der Waals surface area contributed by atoms with E-state index in [2.05, 4.69) is 15.9 Å². The van der Waals surface area contributed by atoms with Gasteiger partial charge in [-0.05, 0) is 17.2 Å². The fraction of sp³-hybridized carbons (Fsp3) is 0.0714. The first-order valence-electron chi connectivity index (χ1n) is 5.71. The molecule has 0 aromatic heterocycles. The summed E-state index contributed by atoms with van der Waals surface area (Å²) >= 11 is 3.41. The Hall–Kier alpha value is -2.21. The lowest BCUT2D eigenvalue weighted by molar-refractivity contribution is -0.384. The lowest BCUT2D eigenvalue weighted by Crippen LogP contribution is -2.04. The number of carboxylic acids is 1. The van der Waals surface area contributed by atoms with Crippen molar-refractivity contribution in [1.82, 2.24) is 0 Å². The quantitative estimate of drug-likeness (QED) is 0.523. The molecule has 0 fully saturated rings. The maximum Gasteiger partial charge on any atom is 0.336 e. The van der Waals surface area contributed by atoms with Crippen LogP contribution in [0.3, 0.4) is 0 Å². The fourth-order valence-electron chi connectivity index (χ4n) is 1.89. The standard InChI is InChI=1S/C14H10BrNO4/c15-13(9-4-3-5-10(8-9)16(19)20)11-6-1-2-7-12(11)14(17)18/h1-8,13H,(H,17,18)/t13-/m0/s1. The van der Waals surface area contributed by atoms with Gasteiger partial charge in [-0.15, -0.1) is 0 Å². The third-order valence-corrected chi connectivity index (χ3v) is 3.86. The second-order valence-electron chi connectivity index (χ2n) is 4.11. The second kappa shape index (κ2) is 5.83. The Labute approximate surface area is 123 Å². The molecule has 5 nitrogen and oxygen atoms in total. The van der Waals surface area contributed by atoms with Crippen LogP contribution in [0.4, 0.5) is 5.69 Å². The van der Waals surface area contributed by atoms with Gasteiger partial charge in [-0.3, -0.25) is 10.1 Å². The zero-order chi connectivity index (χ0) is 14.7. The summed E-state index contributed by atoms with van der Waals surface area (Å²) in [6, 6.07) is 12.7. The van der Waals surface area contributed by atoms with Crippen LogP contribution in [0.2, 0.25) is 0 Å². The molecule has 0 aliphatic rings. The molecule has 0 amide bonds. The Morgan fingerprint density at radius 1 is 1.20 bits per heavy atom. The van der Waals surface area contributed by atoms with Crippen LogP contribution in [-0.4, -0.2) is 16.0 Å². The van der Waals surface area contributed by atoms with Gasteiger partial charge in [-0.2, -0.15) is 0 Å². The van der Waals surface area contributed by atoms with E-state index < -0.39 is 15.7 Å². The molecule has 2 aromatic rings. The van der Waals surface area contributed by atoms with Crippen LogP contribution in [0.1, 0.15) is 26.3 Å². The second-order valence-corrected chi connectivity index (χ2v) is 5.02. The average molecular weight is 336 g/mol. The van der Waals surface area contributed by atoms with Crippen molar-refractivity contribution < 1.29 is 14.8 Å². The summed E-state index contributed by atoms with van der Waals surface area (Å²) in [5.41, 5.74) is 1.33. The first-order valence-corrected chi connectivity index (χ1v) is 6.63. The summed E-state index contributed by atoms with van der Waals surface area (Å²) in [6.45, 7) is 0. The first-order chi connectivity index (χ1) is 9.50. The van der Waals surface area contributed by atoms with Crippen molar-refractivity contribution in [3.05, 3.63) is 75.3 Å². The number of hydrogen-bond acceptors (Lipinski definition) is 3. The Morgan fingerprint density at radius 2 is 1.90 bits per heavy atom. The molecule has 2 aromatic carbocycles. The number of carboxylic acid groups (broad SMARTS) is 1. The number of nitro benzene ring substituents is 1. The molecular weight excluding hydrogens is 326 g/mol. The molecule has 2 rings (SSSR count). The smallest absolute Gasteiger partial charge is 0.336 e. The van der Waals surface area contributed by atoms with Crippen molar-refractivity contribution in [2.24, 2.45) is 0 Å². The van der Waals surface area contributed by atoms with Crippen LogP contribution in [0.5, 0.6) is 0 Å². The van der Waals surface area contributed by atoms with Crippen molar-refractivity contribution in [1.29, 1.82) is 0 Å². The maximum absolute atomic E-state index is 11.2. The van der Waals surface area contributed by atoms with E-state index in [1.807, 2.05) is 0 Å². The summed E-state index contributed by atoms with van der Waals surface area (Å²) in [5, 5.41) is 20.0. The molecule has 0 heterocycles. The highest BCUT2D eigenvalue weighted by Gasteiger charge is 2.19. The number of rotatable bonds is 4. The minimum absolute atomic E-state index is 0.0280. The Morgan fingerprint density at radius 3 is 2.55 bits per heavy atom. The molecule has 0 spiro atoms. The van der Waals surface area contributed by atoms with Gasteiger partial charge in [0.05, 0.1) is 15.3 Å². The number of carbonyl (C=O) groups is 1. The molecule has 0 unspecified atom stereocenters. The Balaban J connectivity index is 2.46. The molecule has 6 heteroatoms. The van der Waals surface area contributed by atoms with Crippen LogP contribution in [0, 0.1) is 10.1 Å².